The van der Waals surface area contributed by atoms with Crippen LogP contribution < -0.4 is 0 Å². The minimum absolute atomic E-state index is 0.132. The third-order valence-corrected chi connectivity index (χ3v) is 4.54. The van der Waals surface area contributed by atoms with E-state index >= 15 is 0 Å². The van der Waals surface area contributed by atoms with Crippen molar-refractivity contribution in [3.8, 4) is 0 Å². The molecule has 3 fully saturated rings. The van der Waals surface area contributed by atoms with E-state index in [2.05, 4.69) is 4.90 Å². The number of likely N-dealkylation sites (tertiary alicyclic amines) is 1. The van der Waals surface area contributed by atoms with E-state index in [4.69, 9.17) is 9.47 Å². The fourth-order valence-corrected chi connectivity index (χ4v) is 3.66. The zero-order valence-corrected chi connectivity index (χ0v) is 12.8. The molecule has 3 rings (SSSR count). The Morgan fingerprint density at radius 2 is 1.75 bits per heavy atom. The van der Waals surface area contributed by atoms with Crippen molar-refractivity contribution < 1.29 is 14.3 Å². The summed E-state index contributed by atoms with van der Waals surface area (Å²) < 4.78 is 11.1. The average molecular weight is 282 g/mol. The van der Waals surface area contributed by atoms with Gasteiger partial charge in [-0.3, -0.25) is 9.80 Å². The molecule has 0 saturated carbocycles. The molecule has 2 bridgehead atoms. The van der Waals surface area contributed by atoms with Crippen molar-refractivity contribution in [3.63, 3.8) is 0 Å². The third kappa shape index (κ3) is 2.79. The SMILES string of the molecule is CC(C)(C)OC(=O)N1C2CCC1CN(C1CCOC1)C2. The van der Waals surface area contributed by atoms with Gasteiger partial charge in [0.25, 0.3) is 0 Å². The molecule has 3 atom stereocenters. The van der Waals surface area contributed by atoms with Crippen LogP contribution in [-0.2, 0) is 9.47 Å². The van der Waals surface area contributed by atoms with Gasteiger partial charge in [0.15, 0.2) is 0 Å². The zero-order valence-electron chi connectivity index (χ0n) is 12.8. The number of rotatable bonds is 1. The fraction of sp³-hybridized carbons (Fsp3) is 0.933. The molecule has 3 aliphatic heterocycles. The maximum absolute atomic E-state index is 12.4. The number of hydrogen-bond acceptors (Lipinski definition) is 4. The molecule has 3 unspecified atom stereocenters. The molecule has 0 aromatic carbocycles. The first-order valence-electron chi connectivity index (χ1n) is 7.77. The van der Waals surface area contributed by atoms with Crippen molar-refractivity contribution in [2.24, 2.45) is 0 Å². The van der Waals surface area contributed by atoms with Gasteiger partial charge in [-0.2, -0.15) is 0 Å². The standard InChI is InChI=1S/C15H26N2O3/c1-15(2,3)20-14(18)17-11-4-5-12(17)9-16(8-11)13-6-7-19-10-13/h11-13H,4-10H2,1-3H3. The minimum Gasteiger partial charge on any atom is -0.444 e. The largest absolute Gasteiger partial charge is 0.444 e. The second-order valence-corrected chi connectivity index (χ2v) is 7.24. The Morgan fingerprint density at radius 3 is 2.25 bits per heavy atom. The summed E-state index contributed by atoms with van der Waals surface area (Å²) in [6.07, 6.45) is 3.21. The maximum Gasteiger partial charge on any atom is 0.410 e. The smallest absolute Gasteiger partial charge is 0.410 e. The lowest BCUT2D eigenvalue weighted by Gasteiger charge is -2.43. The molecule has 114 valence electrons. The Kier molecular flexibility index (Phi) is 3.67. The molecule has 3 aliphatic rings. The van der Waals surface area contributed by atoms with Gasteiger partial charge in [0.05, 0.1) is 6.61 Å². The molecule has 5 nitrogen and oxygen atoms in total. The molecule has 0 N–H and O–H groups in total. The van der Waals surface area contributed by atoms with Crippen molar-refractivity contribution in [1.29, 1.82) is 0 Å². The van der Waals surface area contributed by atoms with Crippen LogP contribution in [0.2, 0.25) is 0 Å². The second-order valence-electron chi connectivity index (χ2n) is 7.24. The third-order valence-electron chi connectivity index (χ3n) is 4.54. The maximum atomic E-state index is 12.4. The Morgan fingerprint density at radius 1 is 1.10 bits per heavy atom. The van der Waals surface area contributed by atoms with Gasteiger partial charge in [0.1, 0.15) is 5.60 Å². The van der Waals surface area contributed by atoms with Crippen LogP contribution in [0.5, 0.6) is 0 Å². The van der Waals surface area contributed by atoms with E-state index in [-0.39, 0.29) is 6.09 Å². The van der Waals surface area contributed by atoms with Crippen LogP contribution in [-0.4, -0.2) is 65.9 Å². The average Bonchev–Trinajstić information content (AvgIpc) is 2.94. The lowest BCUT2D eigenvalue weighted by Crippen LogP contribution is -2.58. The summed E-state index contributed by atoms with van der Waals surface area (Å²) in [5.41, 5.74) is -0.410. The number of piperazine rings is 1. The minimum atomic E-state index is -0.410. The molecule has 0 aromatic heterocycles. The Balaban J connectivity index is 1.64. The van der Waals surface area contributed by atoms with E-state index in [0.29, 0.717) is 18.1 Å². The summed E-state index contributed by atoms with van der Waals surface area (Å²) in [7, 11) is 0. The summed E-state index contributed by atoms with van der Waals surface area (Å²) in [5, 5.41) is 0. The number of carbonyl (C=O) groups excluding carboxylic acids is 1. The summed E-state index contributed by atoms with van der Waals surface area (Å²) in [4.78, 5) is 16.9. The number of carbonyl (C=O) groups is 1. The van der Waals surface area contributed by atoms with Gasteiger partial charge in [-0.1, -0.05) is 0 Å². The van der Waals surface area contributed by atoms with Gasteiger partial charge < -0.3 is 9.47 Å². The highest BCUT2D eigenvalue weighted by molar-refractivity contribution is 5.69. The van der Waals surface area contributed by atoms with Crippen LogP contribution in [0.15, 0.2) is 0 Å². The molecule has 5 heteroatoms. The quantitative estimate of drug-likeness (QED) is 0.736. The van der Waals surface area contributed by atoms with E-state index < -0.39 is 5.60 Å². The molecule has 0 spiro atoms. The molecule has 0 radical (unpaired) electrons. The summed E-state index contributed by atoms with van der Waals surface area (Å²) in [5.74, 6) is 0. The summed E-state index contributed by atoms with van der Waals surface area (Å²) >= 11 is 0. The van der Waals surface area contributed by atoms with Crippen molar-refractivity contribution in [3.05, 3.63) is 0 Å². The number of hydrogen-bond donors (Lipinski definition) is 0. The predicted molar refractivity (Wildman–Crippen MR) is 75.7 cm³/mol. The molecule has 0 aliphatic carbocycles. The van der Waals surface area contributed by atoms with Crippen LogP contribution in [0.1, 0.15) is 40.0 Å². The van der Waals surface area contributed by atoms with E-state index in [1.807, 2.05) is 25.7 Å². The molecule has 0 aromatic rings. The monoisotopic (exact) mass is 282 g/mol. The first-order valence-corrected chi connectivity index (χ1v) is 7.77. The predicted octanol–water partition coefficient (Wildman–Crippen LogP) is 1.86. The Hall–Kier alpha value is -0.810. The Bertz CT molecular complexity index is 360. The van der Waals surface area contributed by atoms with Gasteiger partial charge in [0, 0.05) is 37.8 Å². The van der Waals surface area contributed by atoms with Crippen LogP contribution in [0.3, 0.4) is 0 Å². The first kappa shape index (κ1) is 14.1. The molecule has 3 heterocycles. The lowest BCUT2D eigenvalue weighted by atomic mass is 10.1. The van der Waals surface area contributed by atoms with E-state index in [0.717, 1.165) is 45.6 Å². The highest BCUT2D eigenvalue weighted by atomic mass is 16.6. The molecule has 3 saturated heterocycles. The number of ether oxygens (including phenoxy) is 2. The molecular weight excluding hydrogens is 256 g/mol. The van der Waals surface area contributed by atoms with Crippen LogP contribution in [0, 0.1) is 0 Å². The number of fused-ring (bicyclic) bond motifs is 2. The number of nitrogens with zero attached hydrogens (tertiary/aromatic N) is 2. The van der Waals surface area contributed by atoms with Crippen molar-refractivity contribution >= 4 is 6.09 Å². The number of amides is 1. The highest BCUT2D eigenvalue weighted by Gasteiger charge is 2.45. The molecule has 20 heavy (non-hydrogen) atoms. The normalized spacial score (nSPS) is 34.5. The lowest BCUT2D eigenvalue weighted by molar-refractivity contribution is -0.0115. The highest BCUT2D eigenvalue weighted by Crippen LogP contribution is 2.33. The van der Waals surface area contributed by atoms with Crippen molar-refractivity contribution in [2.45, 2.75) is 63.8 Å². The Labute approximate surface area is 121 Å². The van der Waals surface area contributed by atoms with Crippen LogP contribution in [0.25, 0.3) is 0 Å². The molecular formula is C15H26N2O3. The van der Waals surface area contributed by atoms with Crippen LogP contribution in [0.4, 0.5) is 4.79 Å². The van der Waals surface area contributed by atoms with E-state index in [9.17, 15) is 4.79 Å². The van der Waals surface area contributed by atoms with E-state index in [1.54, 1.807) is 0 Å². The van der Waals surface area contributed by atoms with Gasteiger partial charge in [-0.15, -0.1) is 0 Å². The summed E-state index contributed by atoms with van der Waals surface area (Å²) in [6.45, 7) is 9.47. The van der Waals surface area contributed by atoms with Gasteiger partial charge in [-0.25, -0.2) is 4.79 Å². The van der Waals surface area contributed by atoms with Crippen LogP contribution >= 0.6 is 0 Å². The molecule has 1 amide bonds. The van der Waals surface area contributed by atoms with Crippen molar-refractivity contribution in [2.75, 3.05) is 26.3 Å². The van der Waals surface area contributed by atoms with Gasteiger partial charge in [-0.05, 0) is 40.0 Å². The van der Waals surface area contributed by atoms with Gasteiger partial charge in [0.2, 0.25) is 0 Å². The second kappa shape index (κ2) is 5.19. The first-order chi connectivity index (χ1) is 9.44. The fourth-order valence-electron chi connectivity index (χ4n) is 3.66. The summed E-state index contributed by atoms with van der Waals surface area (Å²) in [6, 6.07) is 1.20. The topological polar surface area (TPSA) is 42.0 Å². The van der Waals surface area contributed by atoms with Crippen molar-refractivity contribution in [1.82, 2.24) is 9.80 Å². The van der Waals surface area contributed by atoms with E-state index in [1.165, 1.54) is 0 Å². The van der Waals surface area contributed by atoms with Gasteiger partial charge >= 0.3 is 6.09 Å². The zero-order chi connectivity index (χ0) is 14.3.